The maximum Gasteiger partial charge on any atom is 0.214 e. The van der Waals surface area contributed by atoms with Gasteiger partial charge in [0.05, 0.1) is 12.2 Å². The SMILES string of the molecule is CN=C(NCc1nc(C)c(C)o1)NCC1(N2CCSCC2)CCCC1. The smallest absolute Gasteiger partial charge is 0.214 e. The minimum Gasteiger partial charge on any atom is -0.444 e. The lowest BCUT2D eigenvalue weighted by Crippen LogP contribution is -2.57. The maximum atomic E-state index is 5.64. The number of aryl methyl sites for hydroxylation is 2. The molecule has 0 atom stereocenters. The fourth-order valence-electron chi connectivity index (χ4n) is 3.92. The molecule has 1 aromatic rings. The maximum absolute atomic E-state index is 5.64. The Labute approximate surface area is 155 Å². The molecule has 6 nitrogen and oxygen atoms in total. The number of nitrogens with zero attached hydrogens (tertiary/aromatic N) is 3. The van der Waals surface area contributed by atoms with Crippen molar-refractivity contribution < 1.29 is 4.42 Å². The zero-order chi connectivity index (χ0) is 17.7. The van der Waals surface area contributed by atoms with Crippen LogP contribution in [0.2, 0.25) is 0 Å². The molecule has 1 aliphatic heterocycles. The Balaban J connectivity index is 1.55. The van der Waals surface area contributed by atoms with E-state index in [-0.39, 0.29) is 0 Å². The average molecular weight is 366 g/mol. The molecule has 0 bridgehead atoms. The highest BCUT2D eigenvalue weighted by atomic mass is 32.2. The Bertz CT molecular complexity index is 569. The molecule has 0 amide bonds. The van der Waals surface area contributed by atoms with E-state index < -0.39 is 0 Å². The molecule has 0 unspecified atom stereocenters. The van der Waals surface area contributed by atoms with Gasteiger partial charge in [-0.2, -0.15) is 11.8 Å². The molecular formula is C18H31N5OS. The summed E-state index contributed by atoms with van der Waals surface area (Å²) in [6, 6.07) is 0. The van der Waals surface area contributed by atoms with E-state index in [4.69, 9.17) is 4.42 Å². The van der Waals surface area contributed by atoms with Gasteiger partial charge in [0.2, 0.25) is 5.89 Å². The standard InChI is InChI=1S/C18H31N5OS/c1-14-15(2)24-16(22-14)12-20-17(19-3)21-13-18(6-4-5-7-18)23-8-10-25-11-9-23/h4-13H2,1-3H3,(H2,19,20,21). The van der Waals surface area contributed by atoms with Crippen LogP contribution >= 0.6 is 11.8 Å². The summed E-state index contributed by atoms with van der Waals surface area (Å²) in [5.74, 6) is 4.94. The lowest BCUT2D eigenvalue weighted by atomic mass is 9.94. The molecule has 140 valence electrons. The summed E-state index contributed by atoms with van der Waals surface area (Å²) >= 11 is 2.08. The largest absolute Gasteiger partial charge is 0.444 e. The van der Waals surface area contributed by atoms with Gasteiger partial charge in [0.25, 0.3) is 0 Å². The summed E-state index contributed by atoms with van der Waals surface area (Å²) in [7, 11) is 1.82. The van der Waals surface area contributed by atoms with E-state index in [0.29, 0.717) is 18.0 Å². The van der Waals surface area contributed by atoms with Gasteiger partial charge < -0.3 is 15.1 Å². The number of hydrogen-bond acceptors (Lipinski definition) is 5. The highest BCUT2D eigenvalue weighted by Crippen LogP contribution is 2.36. The fraction of sp³-hybridized carbons (Fsp3) is 0.778. The van der Waals surface area contributed by atoms with Crippen LogP contribution in [0.1, 0.15) is 43.0 Å². The third-order valence-electron chi connectivity index (χ3n) is 5.50. The molecule has 7 heteroatoms. The number of aliphatic imine (C=N–C) groups is 1. The van der Waals surface area contributed by atoms with Gasteiger partial charge >= 0.3 is 0 Å². The second-order valence-corrected chi connectivity index (χ2v) is 8.28. The molecule has 1 saturated carbocycles. The molecule has 0 aromatic carbocycles. The first-order chi connectivity index (χ1) is 12.1. The topological polar surface area (TPSA) is 65.7 Å². The van der Waals surface area contributed by atoms with Crippen LogP contribution in [0.3, 0.4) is 0 Å². The van der Waals surface area contributed by atoms with Crippen molar-refractivity contribution in [2.45, 2.75) is 51.6 Å². The monoisotopic (exact) mass is 365 g/mol. The van der Waals surface area contributed by atoms with E-state index in [1.54, 1.807) is 0 Å². The van der Waals surface area contributed by atoms with Crippen molar-refractivity contribution in [3.05, 3.63) is 17.3 Å². The zero-order valence-corrected chi connectivity index (χ0v) is 16.5. The summed E-state index contributed by atoms with van der Waals surface area (Å²) in [6.07, 6.45) is 5.26. The molecule has 1 saturated heterocycles. The molecule has 2 fully saturated rings. The predicted octanol–water partition coefficient (Wildman–Crippen LogP) is 2.32. The number of aromatic nitrogens is 1. The van der Waals surface area contributed by atoms with Crippen molar-refractivity contribution >= 4 is 17.7 Å². The molecule has 0 radical (unpaired) electrons. The molecular weight excluding hydrogens is 334 g/mol. The first-order valence-corrected chi connectivity index (χ1v) is 10.5. The van der Waals surface area contributed by atoms with Crippen molar-refractivity contribution in [1.82, 2.24) is 20.5 Å². The number of thioether (sulfide) groups is 1. The second kappa shape index (κ2) is 8.45. The van der Waals surface area contributed by atoms with Crippen LogP contribution in [0.15, 0.2) is 9.41 Å². The number of guanidine groups is 1. The Morgan fingerprint density at radius 3 is 2.56 bits per heavy atom. The van der Waals surface area contributed by atoms with Gasteiger partial charge in [-0.15, -0.1) is 0 Å². The Morgan fingerprint density at radius 1 is 1.24 bits per heavy atom. The summed E-state index contributed by atoms with van der Waals surface area (Å²) in [6.45, 7) is 7.86. The molecule has 2 heterocycles. The molecule has 0 spiro atoms. The van der Waals surface area contributed by atoms with Crippen molar-refractivity contribution in [2.24, 2.45) is 4.99 Å². The molecule has 25 heavy (non-hydrogen) atoms. The zero-order valence-electron chi connectivity index (χ0n) is 15.7. The quantitative estimate of drug-likeness (QED) is 0.617. The highest BCUT2D eigenvalue weighted by Gasteiger charge is 2.39. The van der Waals surface area contributed by atoms with Gasteiger partial charge in [-0.3, -0.25) is 9.89 Å². The molecule has 2 N–H and O–H groups in total. The number of rotatable bonds is 5. The molecule has 1 aliphatic carbocycles. The summed E-state index contributed by atoms with van der Waals surface area (Å²) < 4.78 is 5.64. The van der Waals surface area contributed by atoms with Gasteiger partial charge in [0.15, 0.2) is 5.96 Å². The first-order valence-electron chi connectivity index (χ1n) is 9.33. The van der Waals surface area contributed by atoms with Gasteiger partial charge in [0.1, 0.15) is 5.76 Å². The Kier molecular flexibility index (Phi) is 6.28. The van der Waals surface area contributed by atoms with E-state index in [1.807, 2.05) is 20.9 Å². The summed E-state index contributed by atoms with van der Waals surface area (Å²) in [5, 5.41) is 6.89. The Morgan fingerprint density at radius 2 is 1.96 bits per heavy atom. The van der Waals surface area contributed by atoms with Crippen LogP contribution < -0.4 is 10.6 Å². The van der Waals surface area contributed by atoms with Crippen molar-refractivity contribution in [1.29, 1.82) is 0 Å². The lowest BCUT2D eigenvalue weighted by molar-refractivity contribution is 0.107. The van der Waals surface area contributed by atoms with Crippen molar-refractivity contribution in [3.63, 3.8) is 0 Å². The Hall–Kier alpha value is -1.21. The van der Waals surface area contributed by atoms with Crippen LogP contribution in [0.4, 0.5) is 0 Å². The normalized spacial score (nSPS) is 21.5. The molecule has 3 rings (SSSR count). The number of oxazole rings is 1. The van der Waals surface area contributed by atoms with E-state index in [9.17, 15) is 0 Å². The van der Waals surface area contributed by atoms with Crippen LogP contribution in [-0.4, -0.2) is 59.6 Å². The van der Waals surface area contributed by atoms with Crippen LogP contribution in [-0.2, 0) is 6.54 Å². The van der Waals surface area contributed by atoms with Gasteiger partial charge in [0, 0.05) is 43.7 Å². The van der Waals surface area contributed by atoms with Crippen LogP contribution in [0.5, 0.6) is 0 Å². The summed E-state index contributed by atoms with van der Waals surface area (Å²) in [5.41, 5.74) is 1.25. The predicted molar refractivity (Wildman–Crippen MR) is 104 cm³/mol. The third-order valence-corrected chi connectivity index (χ3v) is 6.45. The van der Waals surface area contributed by atoms with Crippen molar-refractivity contribution in [2.75, 3.05) is 38.2 Å². The van der Waals surface area contributed by atoms with Gasteiger partial charge in [-0.25, -0.2) is 4.98 Å². The van der Waals surface area contributed by atoms with Crippen molar-refractivity contribution in [3.8, 4) is 0 Å². The first kappa shape index (κ1) is 18.6. The van der Waals surface area contributed by atoms with E-state index in [0.717, 1.165) is 24.0 Å². The minimum atomic E-state index is 0.300. The molecule has 1 aromatic heterocycles. The minimum absolute atomic E-state index is 0.300. The van der Waals surface area contributed by atoms with E-state index >= 15 is 0 Å². The lowest BCUT2D eigenvalue weighted by Gasteiger charge is -2.43. The third kappa shape index (κ3) is 4.50. The number of nitrogens with one attached hydrogen (secondary N) is 2. The van der Waals surface area contributed by atoms with E-state index in [1.165, 1.54) is 50.3 Å². The fourth-order valence-corrected chi connectivity index (χ4v) is 4.82. The van der Waals surface area contributed by atoms with Crippen LogP contribution in [0.25, 0.3) is 0 Å². The van der Waals surface area contributed by atoms with Crippen LogP contribution in [0, 0.1) is 13.8 Å². The number of hydrogen-bond donors (Lipinski definition) is 2. The van der Waals surface area contributed by atoms with Gasteiger partial charge in [-0.05, 0) is 26.7 Å². The molecule has 2 aliphatic rings. The highest BCUT2D eigenvalue weighted by molar-refractivity contribution is 7.99. The average Bonchev–Trinajstić information content (AvgIpc) is 3.24. The van der Waals surface area contributed by atoms with E-state index in [2.05, 4.69) is 37.3 Å². The van der Waals surface area contributed by atoms with Gasteiger partial charge in [-0.1, -0.05) is 12.8 Å². The second-order valence-electron chi connectivity index (χ2n) is 7.06. The summed E-state index contributed by atoms with van der Waals surface area (Å²) in [4.78, 5) is 11.5.